The monoisotopic (exact) mass is 632 g/mol. The van der Waals surface area contributed by atoms with Crippen LogP contribution in [0.1, 0.15) is 63.8 Å². The van der Waals surface area contributed by atoms with Crippen LogP contribution in [-0.4, -0.2) is 32.4 Å². The van der Waals surface area contributed by atoms with Crippen LogP contribution < -0.4 is 67.4 Å². The smallest absolute Gasteiger partial charge is 1.00 e. The molecule has 1 unspecified atom stereocenters. The molecule has 0 saturated heterocycles. The third kappa shape index (κ3) is 6.86. The minimum atomic E-state index is -0.601. The summed E-state index contributed by atoms with van der Waals surface area (Å²) < 4.78 is 18.6. The molecule has 10 heteroatoms. The van der Waals surface area contributed by atoms with Gasteiger partial charge in [0.05, 0.1) is 23.9 Å². The van der Waals surface area contributed by atoms with Crippen LogP contribution in [0.2, 0.25) is 0 Å². The van der Waals surface area contributed by atoms with Crippen molar-refractivity contribution in [1.82, 2.24) is 19.7 Å². The van der Waals surface area contributed by atoms with Gasteiger partial charge in [0.2, 0.25) is 0 Å². The molecule has 0 aliphatic carbocycles. The van der Waals surface area contributed by atoms with Gasteiger partial charge in [0.1, 0.15) is 17.2 Å². The molecule has 3 heterocycles. The van der Waals surface area contributed by atoms with E-state index < -0.39 is 5.76 Å². The Morgan fingerprint density at radius 3 is 2.42 bits per heavy atom. The van der Waals surface area contributed by atoms with Crippen molar-refractivity contribution in [2.24, 2.45) is 0 Å². The van der Waals surface area contributed by atoms with Gasteiger partial charge in [0, 0.05) is 31.1 Å². The molecule has 6 rings (SSSR count). The number of nitrogens with zero attached hydrogens (tertiary/aromatic N) is 3. The van der Waals surface area contributed by atoms with Crippen molar-refractivity contribution in [3.05, 3.63) is 110 Å². The van der Waals surface area contributed by atoms with Crippen LogP contribution in [0.5, 0.6) is 5.75 Å². The van der Waals surface area contributed by atoms with Gasteiger partial charge in [-0.2, -0.15) is 0 Å². The Morgan fingerprint density at radius 2 is 1.76 bits per heavy atom. The summed E-state index contributed by atoms with van der Waals surface area (Å²) in [5.41, 5.74) is 6.21. The maximum Gasteiger partial charge on any atom is 1.00 e. The average Bonchev–Trinajstić information content (AvgIpc) is 3.45. The van der Waals surface area contributed by atoms with E-state index in [1.54, 1.807) is 11.7 Å². The van der Waals surface area contributed by atoms with E-state index in [4.69, 9.17) is 19.0 Å². The summed E-state index contributed by atoms with van der Waals surface area (Å²) >= 11 is 0. The van der Waals surface area contributed by atoms with Gasteiger partial charge in [-0.05, 0) is 61.6 Å². The molecule has 1 atom stereocenters. The van der Waals surface area contributed by atoms with Crippen LogP contribution in [-0.2, 0) is 17.7 Å². The number of aromatic amines is 1. The van der Waals surface area contributed by atoms with Crippen LogP contribution in [0.15, 0.2) is 80.8 Å². The van der Waals surface area contributed by atoms with E-state index in [0.717, 1.165) is 51.4 Å². The van der Waals surface area contributed by atoms with Crippen LogP contribution >= 0.6 is 0 Å². The zero-order valence-corrected chi connectivity index (χ0v) is 29.8. The number of ether oxygens (including phenoxy) is 2. The predicted octanol–water partition coefficient (Wildman–Crippen LogP) is 3.59. The molecule has 2 aromatic heterocycles. The van der Waals surface area contributed by atoms with Crippen LogP contribution in [0, 0.1) is 6.92 Å². The Kier molecular flexibility index (Phi) is 10.1. The number of H-pyrrole nitrogens is 1. The van der Waals surface area contributed by atoms with Gasteiger partial charge >= 0.3 is 57.1 Å². The Balaban J connectivity index is 0.00000240. The van der Waals surface area contributed by atoms with E-state index in [9.17, 15) is 9.59 Å². The zero-order valence-electron chi connectivity index (χ0n) is 27.6. The number of rotatable bonds is 8. The van der Waals surface area contributed by atoms with Gasteiger partial charge in [0.25, 0.3) is 5.56 Å². The minimum Gasteiger partial charge on any atom is -1.00 e. The molecule has 0 amide bonds. The fourth-order valence-electron chi connectivity index (χ4n) is 6.04. The average molecular weight is 633 g/mol. The number of aromatic nitrogens is 4. The van der Waals surface area contributed by atoms with Crippen molar-refractivity contribution in [2.75, 3.05) is 7.11 Å². The summed E-state index contributed by atoms with van der Waals surface area (Å²) in [5.74, 6) is 1.32. The van der Waals surface area contributed by atoms with Gasteiger partial charge in [0.15, 0.2) is 5.82 Å². The second-order valence-electron chi connectivity index (χ2n) is 11.9. The fourth-order valence-corrected chi connectivity index (χ4v) is 6.04. The van der Waals surface area contributed by atoms with Gasteiger partial charge < -0.3 is 10.9 Å². The Hall–Kier alpha value is -3.12. The summed E-state index contributed by atoms with van der Waals surface area (Å²) in [6.45, 7) is 8.49. The van der Waals surface area contributed by atoms with E-state index >= 15 is 0 Å². The van der Waals surface area contributed by atoms with E-state index in [1.807, 2.05) is 73.7 Å². The molecular weight excluding hydrogens is 596 g/mol. The molecule has 45 heavy (non-hydrogen) atoms. The molecular formula is C35H37KN4O5. The van der Waals surface area contributed by atoms with Crippen molar-refractivity contribution in [1.29, 1.82) is 0 Å². The topological polar surface area (TPSA) is 112 Å². The summed E-state index contributed by atoms with van der Waals surface area (Å²) in [5, 5.41) is 3.86. The van der Waals surface area contributed by atoms with Crippen molar-refractivity contribution < 1.29 is 66.8 Å². The third-order valence-electron chi connectivity index (χ3n) is 8.12. The first kappa shape index (κ1) is 33.2. The molecule has 0 saturated carbocycles. The van der Waals surface area contributed by atoms with E-state index in [2.05, 4.69) is 30.9 Å². The van der Waals surface area contributed by atoms with Gasteiger partial charge in [-0.25, -0.2) is 9.78 Å². The number of hydrogen-bond acceptors (Lipinski definition) is 7. The number of benzene rings is 3. The summed E-state index contributed by atoms with van der Waals surface area (Å²) in [4.78, 5) is 33.3. The summed E-state index contributed by atoms with van der Waals surface area (Å²) in [6, 6.07) is 21.6. The number of methoxy groups -OCH3 is 1. The summed E-state index contributed by atoms with van der Waals surface area (Å²) in [7, 11) is 1.71. The van der Waals surface area contributed by atoms with Crippen molar-refractivity contribution >= 4 is 0 Å². The molecule has 0 fully saturated rings. The molecule has 1 N–H and O–H groups in total. The number of aryl methyl sites for hydroxylation is 2. The Labute approximate surface area is 305 Å². The van der Waals surface area contributed by atoms with Crippen molar-refractivity contribution in [3.63, 3.8) is 0 Å². The third-order valence-corrected chi connectivity index (χ3v) is 8.12. The minimum absolute atomic E-state index is 0. The van der Waals surface area contributed by atoms with E-state index in [-0.39, 0.29) is 70.1 Å². The second kappa shape index (κ2) is 13.7. The molecule has 228 valence electrons. The number of fused-ring (bicyclic) bond motifs is 1. The van der Waals surface area contributed by atoms with Crippen molar-refractivity contribution in [2.45, 2.75) is 65.2 Å². The zero-order chi connectivity index (χ0) is 31.0. The molecule has 0 radical (unpaired) electrons. The quantitative estimate of drug-likeness (QED) is 0.260. The molecule has 0 spiro atoms. The number of nitrogens with one attached hydrogen (secondary N) is 1. The van der Waals surface area contributed by atoms with Gasteiger partial charge in [-0.3, -0.25) is 18.9 Å². The largest absolute Gasteiger partial charge is 1.00 e. The summed E-state index contributed by atoms with van der Waals surface area (Å²) in [6.07, 6.45) is 2.15. The maximum atomic E-state index is 14.2. The fraction of sp³-hybridized carbons (Fsp3) is 0.314. The van der Waals surface area contributed by atoms with E-state index in [0.29, 0.717) is 36.5 Å². The van der Waals surface area contributed by atoms with E-state index in [1.165, 1.54) is 0 Å². The standard InChI is InChI=1S/C35H36N4O5.K.H/c1-6-9-30-36-21(2)31(24-16-17-28-27(18-24)29(42-5)19-35(3,4)43-28)33(40)39(30)20-22-12-14-23(15-13-22)25-10-7-8-11-26(25)32-37-34(41)44-38-32;;/h7-8,10-18,29H,6,9,19-20H2,1-5H3,(H,37,38,41);;/q;+1;-1. The van der Waals surface area contributed by atoms with Crippen LogP contribution in [0.4, 0.5) is 0 Å². The first-order valence-electron chi connectivity index (χ1n) is 14.9. The molecule has 1 aliphatic heterocycles. The first-order chi connectivity index (χ1) is 21.2. The Bertz CT molecular complexity index is 1950. The maximum absolute atomic E-state index is 14.2. The second-order valence-corrected chi connectivity index (χ2v) is 11.9. The molecule has 5 aromatic rings. The Morgan fingerprint density at radius 1 is 1.04 bits per heavy atom. The molecule has 9 nitrogen and oxygen atoms in total. The van der Waals surface area contributed by atoms with Crippen LogP contribution in [0.3, 0.4) is 0 Å². The van der Waals surface area contributed by atoms with Gasteiger partial charge in [-0.15, -0.1) is 0 Å². The molecule has 0 bridgehead atoms. The first-order valence-corrected chi connectivity index (χ1v) is 14.9. The van der Waals surface area contributed by atoms with Gasteiger partial charge in [-0.1, -0.05) is 66.7 Å². The predicted molar refractivity (Wildman–Crippen MR) is 170 cm³/mol. The SMILES string of the molecule is CCCc1nc(C)c(-c2ccc3c(c2)C(OC)CC(C)(C)O3)c(=O)n1Cc1ccc(-c2ccccc2-c2noc(=O)[nH]2)cc1.[H-].[K+]. The molecule has 1 aliphatic rings. The van der Waals surface area contributed by atoms with Crippen molar-refractivity contribution in [3.8, 4) is 39.4 Å². The van der Waals surface area contributed by atoms with Crippen LogP contribution in [0.25, 0.3) is 33.6 Å². The number of hydrogen-bond donors (Lipinski definition) is 1. The normalized spacial score (nSPS) is 15.2. The molecule has 3 aromatic carbocycles.